The van der Waals surface area contributed by atoms with Gasteiger partial charge in [0.15, 0.2) is 0 Å². The van der Waals surface area contributed by atoms with Crippen LogP contribution in [0.4, 0.5) is 0 Å². The Bertz CT molecular complexity index is 359. The van der Waals surface area contributed by atoms with Crippen molar-refractivity contribution in [3.05, 3.63) is 0 Å². The number of rotatable bonds is 7. The zero-order chi connectivity index (χ0) is 12.6. The number of carbonyl (C=O) groups is 1. The Morgan fingerprint density at radius 1 is 1.50 bits per heavy atom. The molecule has 0 aromatic carbocycles. The van der Waals surface area contributed by atoms with E-state index in [1.807, 2.05) is 6.07 Å². The normalized spacial score (nSPS) is 10.8. The number of hydrogen-bond donors (Lipinski definition) is 0. The fourth-order valence-electron chi connectivity index (χ4n) is 0.822. The molecular weight excluding hydrogens is 248 g/mol. The van der Waals surface area contributed by atoms with E-state index in [2.05, 4.69) is 0 Å². The van der Waals surface area contributed by atoms with Crippen LogP contribution in [0.1, 0.15) is 6.42 Å². The average Bonchev–Trinajstić information content (AvgIpc) is 2.19. The molecule has 0 aromatic heterocycles. The van der Waals surface area contributed by atoms with Gasteiger partial charge in [-0.1, -0.05) is 0 Å². The third-order valence-corrected chi connectivity index (χ3v) is 3.96. The molecule has 0 rings (SSSR count). The molecule has 0 spiro atoms. The predicted octanol–water partition coefficient (Wildman–Crippen LogP) is 0.136. The SMILES string of the molecule is CN(CCC#N)C(=O)CSCCS(C)(=O)=O. The van der Waals surface area contributed by atoms with Crippen LogP contribution in [0.25, 0.3) is 0 Å². The molecule has 1 amide bonds. The van der Waals surface area contributed by atoms with E-state index in [4.69, 9.17) is 5.26 Å². The zero-order valence-corrected chi connectivity index (χ0v) is 11.1. The lowest BCUT2D eigenvalue weighted by Crippen LogP contribution is -2.29. The Morgan fingerprint density at radius 3 is 2.62 bits per heavy atom. The number of thioether (sulfide) groups is 1. The van der Waals surface area contributed by atoms with E-state index in [1.54, 1.807) is 7.05 Å². The van der Waals surface area contributed by atoms with Gasteiger partial charge in [0.2, 0.25) is 5.91 Å². The Labute approximate surface area is 101 Å². The van der Waals surface area contributed by atoms with Gasteiger partial charge in [-0.25, -0.2) is 8.42 Å². The quantitative estimate of drug-likeness (QED) is 0.611. The van der Waals surface area contributed by atoms with Gasteiger partial charge in [0.25, 0.3) is 0 Å². The molecule has 0 fully saturated rings. The predicted molar refractivity (Wildman–Crippen MR) is 64.9 cm³/mol. The van der Waals surface area contributed by atoms with E-state index in [0.717, 1.165) is 0 Å². The number of amides is 1. The first-order chi connectivity index (χ1) is 7.37. The van der Waals surface area contributed by atoms with Crippen LogP contribution in [0.2, 0.25) is 0 Å². The molecule has 0 saturated carbocycles. The van der Waals surface area contributed by atoms with Gasteiger partial charge in [-0.05, 0) is 0 Å². The molecule has 0 heterocycles. The molecule has 7 heteroatoms. The molecule has 0 saturated heterocycles. The second-order valence-corrected chi connectivity index (χ2v) is 6.77. The molecule has 92 valence electrons. The van der Waals surface area contributed by atoms with Gasteiger partial charge in [0, 0.05) is 25.6 Å². The van der Waals surface area contributed by atoms with Crippen molar-refractivity contribution >= 4 is 27.5 Å². The highest BCUT2D eigenvalue weighted by Gasteiger charge is 2.09. The minimum absolute atomic E-state index is 0.0752. The smallest absolute Gasteiger partial charge is 0.232 e. The van der Waals surface area contributed by atoms with Crippen LogP contribution in [0.15, 0.2) is 0 Å². The molecular formula is C9H16N2O3S2. The first-order valence-electron chi connectivity index (χ1n) is 4.73. The molecule has 0 atom stereocenters. The number of hydrogen-bond acceptors (Lipinski definition) is 5. The molecule has 5 nitrogen and oxygen atoms in total. The first-order valence-corrected chi connectivity index (χ1v) is 7.94. The highest BCUT2D eigenvalue weighted by atomic mass is 32.2. The van der Waals surface area contributed by atoms with Gasteiger partial charge >= 0.3 is 0 Å². The largest absolute Gasteiger partial charge is 0.344 e. The molecule has 0 radical (unpaired) electrons. The van der Waals surface area contributed by atoms with E-state index in [1.165, 1.54) is 22.9 Å². The summed E-state index contributed by atoms with van der Waals surface area (Å²) in [5.41, 5.74) is 0. The van der Waals surface area contributed by atoms with Crippen molar-refractivity contribution in [1.82, 2.24) is 4.90 Å². The lowest BCUT2D eigenvalue weighted by molar-refractivity contribution is -0.127. The van der Waals surface area contributed by atoms with E-state index in [-0.39, 0.29) is 17.4 Å². The molecule has 0 aliphatic heterocycles. The Morgan fingerprint density at radius 2 is 2.12 bits per heavy atom. The van der Waals surface area contributed by atoms with Crippen LogP contribution in [-0.2, 0) is 14.6 Å². The Kier molecular flexibility index (Phi) is 7.17. The monoisotopic (exact) mass is 264 g/mol. The maximum atomic E-state index is 11.4. The lowest BCUT2D eigenvalue weighted by Gasteiger charge is -2.14. The summed E-state index contributed by atoms with van der Waals surface area (Å²) in [7, 11) is -1.31. The highest BCUT2D eigenvalue weighted by Crippen LogP contribution is 2.03. The van der Waals surface area contributed by atoms with Gasteiger partial charge in [0.1, 0.15) is 9.84 Å². The van der Waals surface area contributed by atoms with Crippen molar-refractivity contribution in [3.8, 4) is 6.07 Å². The third kappa shape index (κ3) is 8.56. The molecule has 16 heavy (non-hydrogen) atoms. The summed E-state index contributed by atoms with van der Waals surface area (Å²) in [6.45, 7) is 0.419. The average molecular weight is 264 g/mol. The van der Waals surface area contributed by atoms with Gasteiger partial charge in [-0.3, -0.25) is 4.79 Å². The van der Waals surface area contributed by atoms with Crippen LogP contribution in [0.5, 0.6) is 0 Å². The number of nitriles is 1. The second kappa shape index (κ2) is 7.52. The van der Waals surface area contributed by atoms with Crippen LogP contribution in [-0.4, -0.2) is 56.3 Å². The van der Waals surface area contributed by atoms with Crippen molar-refractivity contribution in [2.45, 2.75) is 6.42 Å². The zero-order valence-electron chi connectivity index (χ0n) is 9.47. The fraction of sp³-hybridized carbons (Fsp3) is 0.778. The van der Waals surface area contributed by atoms with E-state index >= 15 is 0 Å². The van der Waals surface area contributed by atoms with E-state index < -0.39 is 9.84 Å². The van der Waals surface area contributed by atoms with Crippen LogP contribution in [0, 0.1) is 11.3 Å². The van der Waals surface area contributed by atoms with Crippen molar-refractivity contribution < 1.29 is 13.2 Å². The molecule has 0 aliphatic carbocycles. The Balaban J connectivity index is 3.70. The van der Waals surface area contributed by atoms with Crippen LogP contribution >= 0.6 is 11.8 Å². The van der Waals surface area contributed by atoms with E-state index in [0.29, 0.717) is 18.7 Å². The summed E-state index contributed by atoms with van der Waals surface area (Å²) in [5, 5.41) is 8.34. The summed E-state index contributed by atoms with van der Waals surface area (Å²) in [6.07, 6.45) is 1.49. The number of carbonyl (C=O) groups excluding carboxylic acids is 1. The van der Waals surface area contributed by atoms with Gasteiger partial charge in [-0.15, -0.1) is 0 Å². The summed E-state index contributed by atoms with van der Waals surface area (Å²) in [4.78, 5) is 12.9. The molecule has 0 bridgehead atoms. The maximum Gasteiger partial charge on any atom is 0.232 e. The van der Waals surface area contributed by atoms with Crippen LogP contribution in [0.3, 0.4) is 0 Å². The lowest BCUT2D eigenvalue weighted by atomic mass is 10.4. The van der Waals surface area contributed by atoms with Gasteiger partial charge in [-0.2, -0.15) is 17.0 Å². The summed E-state index contributed by atoms with van der Waals surface area (Å²) in [6, 6.07) is 1.96. The minimum atomic E-state index is -2.95. The molecule has 0 N–H and O–H groups in total. The number of nitrogens with zero attached hydrogens (tertiary/aromatic N) is 2. The molecule has 0 aromatic rings. The maximum absolute atomic E-state index is 11.4. The van der Waals surface area contributed by atoms with Crippen molar-refractivity contribution in [2.24, 2.45) is 0 Å². The highest BCUT2D eigenvalue weighted by molar-refractivity contribution is 8.01. The summed E-state index contributed by atoms with van der Waals surface area (Å²) < 4.78 is 21.6. The molecule has 0 aliphatic rings. The molecule has 0 unspecified atom stereocenters. The number of sulfone groups is 1. The summed E-state index contributed by atoms with van der Waals surface area (Å²) >= 11 is 1.30. The second-order valence-electron chi connectivity index (χ2n) is 3.41. The van der Waals surface area contributed by atoms with Gasteiger partial charge < -0.3 is 4.90 Å². The first kappa shape index (κ1) is 15.3. The van der Waals surface area contributed by atoms with Crippen LogP contribution < -0.4 is 0 Å². The van der Waals surface area contributed by atoms with E-state index in [9.17, 15) is 13.2 Å². The topological polar surface area (TPSA) is 78.2 Å². The fourth-order valence-corrected chi connectivity index (χ4v) is 3.04. The minimum Gasteiger partial charge on any atom is -0.344 e. The Hall–Kier alpha value is -0.740. The van der Waals surface area contributed by atoms with Crippen molar-refractivity contribution in [1.29, 1.82) is 5.26 Å². The third-order valence-electron chi connectivity index (χ3n) is 1.81. The standard InChI is InChI=1S/C9H16N2O3S2/c1-11(5-3-4-10)9(12)8-15-6-7-16(2,13)14/h3,5-8H2,1-2H3. The van der Waals surface area contributed by atoms with Crippen molar-refractivity contribution in [3.63, 3.8) is 0 Å². The van der Waals surface area contributed by atoms with Crippen molar-refractivity contribution in [2.75, 3.05) is 37.1 Å². The van der Waals surface area contributed by atoms with Gasteiger partial charge in [0.05, 0.1) is 24.0 Å². The summed E-state index contributed by atoms with van der Waals surface area (Å²) in [5.74, 6) is 0.704.